The lowest BCUT2D eigenvalue weighted by molar-refractivity contribution is -0.385. The van der Waals surface area contributed by atoms with E-state index in [9.17, 15) is 24.5 Å². The van der Waals surface area contributed by atoms with Crippen LogP contribution in [0.25, 0.3) is 0 Å². The predicted molar refractivity (Wildman–Crippen MR) is 96.6 cm³/mol. The summed E-state index contributed by atoms with van der Waals surface area (Å²) in [5, 5.41) is 13.2. The molecule has 0 heterocycles. The first-order valence-electron chi connectivity index (χ1n) is 8.01. The highest BCUT2D eigenvalue weighted by atomic mass is 16.6. The molecule has 140 valence electrons. The van der Waals surface area contributed by atoms with E-state index in [0.29, 0.717) is 5.56 Å². The van der Waals surface area contributed by atoms with Crippen molar-refractivity contribution < 1.29 is 19.3 Å². The van der Waals surface area contributed by atoms with Gasteiger partial charge in [0.05, 0.1) is 17.9 Å². The summed E-state index contributed by atoms with van der Waals surface area (Å²) in [4.78, 5) is 45.8. The zero-order valence-electron chi connectivity index (χ0n) is 14.5. The summed E-state index contributed by atoms with van der Waals surface area (Å²) in [6.45, 7) is 1.16. The Balaban J connectivity index is 1.79. The molecule has 0 aliphatic heterocycles. The van der Waals surface area contributed by atoms with Crippen molar-refractivity contribution in [2.45, 2.75) is 13.3 Å². The highest BCUT2D eigenvalue weighted by molar-refractivity contribution is 5.97. The molecule has 0 fully saturated rings. The van der Waals surface area contributed by atoms with Crippen LogP contribution in [0.1, 0.15) is 21.5 Å². The Morgan fingerprint density at radius 1 is 1.00 bits per heavy atom. The summed E-state index contributed by atoms with van der Waals surface area (Å²) in [6, 6.07) is 13.0. The number of benzene rings is 2. The molecule has 0 unspecified atom stereocenters. The number of nitrogens with one attached hydrogen (secondary N) is 3. The summed E-state index contributed by atoms with van der Waals surface area (Å²) in [6.07, 6.45) is 0.0977. The van der Waals surface area contributed by atoms with Gasteiger partial charge in [0, 0.05) is 17.2 Å². The molecule has 0 atom stereocenters. The van der Waals surface area contributed by atoms with E-state index < -0.39 is 29.2 Å². The number of carbonyl (C=O) groups excluding carboxylic acids is 3. The van der Waals surface area contributed by atoms with Gasteiger partial charge in [-0.15, -0.1) is 0 Å². The third-order valence-corrected chi connectivity index (χ3v) is 3.63. The van der Waals surface area contributed by atoms with Crippen molar-refractivity contribution in [2.24, 2.45) is 0 Å². The second-order valence-electron chi connectivity index (χ2n) is 5.70. The quantitative estimate of drug-likeness (QED) is 0.516. The van der Waals surface area contributed by atoms with Gasteiger partial charge in [-0.3, -0.25) is 35.3 Å². The average Bonchev–Trinajstić information content (AvgIpc) is 2.65. The largest absolute Gasteiger partial charge is 0.343 e. The van der Waals surface area contributed by atoms with E-state index in [0.717, 1.165) is 11.6 Å². The van der Waals surface area contributed by atoms with Crippen molar-refractivity contribution in [3.63, 3.8) is 0 Å². The van der Waals surface area contributed by atoms with E-state index in [4.69, 9.17) is 0 Å². The Labute approximate surface area is 154 Å². The summed E-state index contributed by atoms with van der Waals surface area (Å²) < 4.78 is 0. The standard InChI is InChI=1S/C18H18N4O5/c1-12-7-8-14(10-15(12)22(26)27)18(25)19-11-17(24)21-20-16(23)9-13-5-3-2-4-6-13/h2-8,10H,9,11H2,1H3,(H,19,25)(H,20,23)(H,21,24). The molecular weight excluding hydrogens is 352 g/mol. The van der Waals surface area contributed by atoms with Gasteiger partial charge in [-0.2, -0.15) is 0 Å². The van der Waals surface area contributed by atoms with Gasteiger partial charge in [0.2, 0.25) is 5.91 Å². The first-order valence-corrected chi connectivity index (χ1v) is 8.01. The number of hydrogen-bond acceptors (Lipinski definition) is 5. The van der Waals surface area contributed by atoms with Crippen LogP contribution in [0.2, 0.25) is 0 Å². The van der Waals surface area contributed by atoms with Crippen molar-refractivity contribution >= 4 is 23.4 Å². The molecule has 2 rings (SSSR count). The Morgan fingerprint density at radius 3 is 2.33 bits per heavy atom. The van der Waals surface area contributed by atoms with Gasteiger partial charge in [-0.1, -0.05) is 36.4 Å². The summed E-state index contributed by atoms with van der Waals surface area (Å²) >= 11 is 0. The minimum absolute atomic E-state index is 0.0632. The van der Waals surface area contributed by atoms with E-state index in [-0.39, 0.29) is 17.7 Å². The number of nitrogens with zero attached hydrogens (tertiary/aromatic N) is 1. The zero-order valence-corrected chi connectivity index (χ0v) is 14.5. The minimum atomic E-state index is -0.635. The van der Waals surface area contributed by atoms with Crippen LogP contribution >= 0.6 is 0 Å². The zero-order chi connectivity index (χ0) is 19.8. The monoisotopic (exact) mass is 370 g/mol. The minimum Gasteiger partial charge on any atom is -0.343 e. The molecule has 2 aromatic carbocycles. The van der Waals surface area contributed by atoms with Crippen molar-refractivity contribution in [3.8, 4) is 0 Å². The number of aryl methyl sites for hydroxylation is 1. The molecule has 27 heavy (non-hydrogen) atoms. The van der Waals surface area contributed by atoms with Gasteiger partial charge >= 0.3 is 0 Å². The molecule has 0 saturated carbocycles. The number of nitro groups is 1. The molecule has 0 radical (unpaired) electrons. The van der Waals surface area contributed by atoms with Crippen LogP contribution in [0.3, 0.4) is 0 Å². The number of carbonyl (C=O) groups is 3. The summed E-state index contributed by atoms with van der Waals surface area (Å²) in [7, 11) is 0. The number of amides is 3. The first kappa shape index (κ1) is 19.6. The van der Waals surface area contributed by atoms with Crippen molar-refractivity contribution in [2.75, 3.05) is 6.54 Å². The van der Waals surface area contributed by atoms with E-state index >= 15 is 0 Å². The van der Waals surface area contributed by atoms with Crippen LogP contribution in [0.5, 0.6) is 0 Å². The number of hydrogen-bond donors (Lipinski definition) is 3. The van der Waals surface area contributed by atoms with E-state index in [1.807, 2.05) is 6.07 Å². The maximum absolute atomic E-state index is 12.0. The SMILES string of the molecule is Cc1ccc(C(=O)NCC(=O)NNC(=O)Cc2ccccc2)cc1[N+](=O)[O-]. The van der Waals surface area contributed by atoms with Gasteiger partial charge < -0.3 is 5.32 Å². The molecule has 9 nitrogen and oxygen atoms in total. The summed E-state index contributed by atoms with van der Waals surface area (Å²) in [5.74, 6) is -1.68. The molecule has 3 N–H and O–H groups in total. The lowest BCUT2D eigenvalue weighted by atomic mass is 10.1. The normalized spacial score (nSPS) is 9.96. The van der Waals surface area contributed by atoms with Crippen LogP contribution in [0, 0.1) is 17.0 Å². The maximum atomic E-state index is 12.0. The third-order valence-electron chi connectivity index (χ3n) is 3.63. The Kier molecular flexibility index (Phi) is 6.59. The maximum Gasteiger partial charge on any atom is 0.273 e. The van der Waals surface area contributed by atoms with Gasteiger partial charge in [0.25, 0.3) is 17.5 Å². The van der Waals surface area contributed by atoms with E-state index in [1.165, 1.54) is 12.1 Å². The molecule has 9 heteroatoms. The van der Waals surface area contributed by atoms with Crippen LogP contribution in [-0.2, 0) is 16.0 Å². The topological polar surface area (TPSA) is 130 Å². The van der Waals surface area contributed by atoms with Crippen molar-refractivity contribution in [1.29, 1.82) is 0 Å². The lowest BCUT2D eigenvalue weighted by Crippen LogP contribution is -2.46. The molecular formula is C18H18N4O5. The molecule has 0 spiro atoms. The van der Waals surface area contributed by atoms with E-state index in [2.05, 4.69) is 16.2 Å². The lowest BCUT2D eigenvalue weighted by Gasteiger charge is -2.09. The highest BCUT2D eigenvalue weighted by Crippen LogP contribution is 2.19. The molecule has 2 aromatic rings. The second kappa shape index (κ2) is 9.09. The van der Waals surface area contributed by atoms with Crippen LogP contribution < -0.4 is 16.2 Å². The van der Waals surface area contributed by atoms with Crippen LogP contribution in [-0.4, -0.2) is 29.2 Å². The highest BCUT2D eigenvalue weighted by Gasteiger charge is 2.15. The van der Waals surface area contributed by atoms with Crippen molar-refractivity contribution in [1.82, 2.24) is 16.2 Å². The fraction of sp³-hybridized carbons (Fsp3) is 0.167. The average molecular weight is 370 g/mol. The van der Waals surface area contributed by atoms with Crippen molar-refractivity contribution in [3.05, 3.63) is 75.3 Å². The Bertz CT molecular complexity index is 867. The molecule has 0 saturated heterocycles. The number of nitro benzene ring substituents is 1. The fourth-order valence-electron chi connectivity index (χ4n) is 2.22. The smallest absolute Gasteiger partial charge is 0.273 e. The van der Waals surface area contributed by atoms with Gasteiger partial charge in [0.1, 0.15) is 0 Å². The molecule has 0 bridgehead atoms. The number of hydrazine groups is 1. The number of rotatable bonds is 6. The summed E-state index contributed by atoms with van der Waals surface area (Å²) in [5.41, 5.74) is 5.53. The molecule has 0 aromatic heterocycles. The third kappa shape index (κ3) is 5.92. The molecule has 0 aliphatic rings. The predicted octanol–water partition coefficient (Wildman–Crippen LogP) is 1.02. The fourth-order valence-corrected chi connectivity index (χ4v) is 2.22. The van der Waals surface area contributed by atoms with Gasteiger partial charge in [-0.05, 0) is 18.6 Å². The second-order valence-corrected chi connectivity index (χ2v) is 5.70. The molecule has 3 amide bonds. The first-order chi connectivity index (χ1) is 12.9. The van der Waals surface area contributed by atoms with Gasteiger partial charge in [0.15, 0.2) is 0 Å². The Hall–Kier alpha value is -3.75. The Morgan fingerprint density at radius 2 is 1.67 bits per heavy atom. The molecule has 0 aliphatic carbocycles. The van der Waals surface area contributed by atoms with Crippen LogP contribution in [0.15, 0.2) is 48.5 Å². The van der Waals surface area contributed by atoms with E-state index in [1.54, 1.807) is 31.2 Å². The van der Waals surface area contributed by atoms with Crippen LogP contribution in [0.4, 0.5) is 5.69 Å². The van der Waals surface area contributed by atoms with Gasteiger partial charge in [-0.25, -0.2) is 0 Å².